The zero-order valence-electron chi connectivity index (χ0n) is 17.6. The Bertz CT molecular complexity index is 970. The highest BCUT2D eigenvalue weighted by Gasteiger charge is 2.17. The SMILES string of the molecule is CCOc1ccc(C#C/C(C)=N/OCc2ccccc2/C(=N\OC)C(=O)NC)cc1. The fourth-order valence-electron chi connectivity index (χ4n) is 2.49. The van der Waals surface area contributed by atoms with E-state index in [0.717, 1.165) is 16.9 Å². The van der Waals surface area contributed by atoms with E-state index in [1.807, 2.05) is 49.4 Å². The number of oxime groups is 2. The molecule has 30 heavy (non-hydrogen) atoms. The predicted molar refractivity (Wildman–Crippen MR) is 116 cm³/mol. The lowest BCUT2D eigenvalue weighted by molar-refractivity contribution is -0.114. The molecule has 0 heterocycles. The normalized spacial score (nSPS) is 11.2. The Balaban J connectivity index is 2.07. The van der Waals surface area contributed by atoms with E-state index in [9.17, 15) is 4.79 Å². The summed E-state index contributed by atoms with van der Waals surface area (Å²) in [7, 11) is 2.92. The van der Waals surface area contributed by atoms with E-state index in [0.29, 0.717) is 17.9 Å². The third-order valence-electron chi connectivity index (χ3n) is 3.87. The van der Waals surface area contributed by atoms with Crippen molar-refractivity contribution in [1.29, 1.82) is 0 Å². The van der Waals surface area contributed by atoms with Crippen LogP contribution in [0, 0.1) is 11.8 Å². The third-order valence-corrected chi connectivity index (χ3v) is 3.87. The van der Waals surface area contributed by atoms with Crippen LogP contribution >= 0.6 is 0 Å². The fraction of sp³-hybridized carbons (Fsp3) is 0.261. The molecule has 156 valence electrons. The Kier molecular flexibility index (Phi) is 8.94. The van der Waals surface area contributed by atoms with E-state index in [4.69, 9.17) is 14.4 Å². The van der Waals surface area contributed by atoms with Gasteiger partial charge in [0, 0.05) is 23.7 Å². The standard InChI is InChI=1S/C23H25N3O4/c1-5-29-20-14-12-18(13-15-20)11-10-17(2)25-30-16-19-8-6-7-9-21(19)22(26-28-4)23(27)24-3/h6-9,12-15H,5,16H2,1-4H3,(H,24,27)/b25-17+,26-22+. The lowest BCUT2D eigenvalue weighted by Gasteiger charge is -2.09. The van der Waals surface area contributed by atoms with Crippen molar-refractivity contribution >= 4 is 17.3 Å². The lowest BCUT2D eigenvalue weighted by Crippen LogP contribution is -2.29. The lowest BCUT2D eigenvalue weighted by atomic mass is 10.0. The topological polar surface area (TPSA) is 81.5 Å². The summed E-state index contributed by atoms with van der Waals surface area (Å²) in [6, 6.07) is 14.8. The minimum atomic E-state index is -0.356. The van der Waals surface area contributed by atoms with Gasteiger partial charge >= 0.3 is 0 Å². The molecule has 0 fully saturated rings. The highest BCUT2D eigenvalue weighted by molar-refractivity contribution is 6.45. The van der Waals surface area contributed by atoms with Crippen molar-refractivity contribution < 1.29 is 19.2 Å². The molecule has 0 aliphatic carbocycles. The predicted octanol–water partition coefficient (Wildman–Crippen LogP) is 3.13. The van der Waals surface area contributed by atoms with Crippen LogP contribution in [0.4, 0.5) is 0 Å². The molecular formula is C23H25N3O4. The van der Waals surface area contributed by atoms with Gasteiger partial charge in [-0.1, -0.05) is 40.5 Å². The molecule has 1 amide bonds. The maximum absolute atomic E-state index is 12.1. The number of ether oxygens (including phenoxy) is 1. The zero-order chi connectivity index (χ0) is 21.8. The molecule has 0 atom stereocenters. The maximum Gasteiger partial charge on any atom is 0.273 e. The number of carbonyl (C=O) groups excluding carboxylic acids is 1. The highest BCUT2D eigenvalue weighted by Crippen LogP contribution is 2.13. The Morgan fingerprint density at radius 2 is 1.83 bits per heavy atom. The van der Waals surface area contributed by atoms with Crippen LogP contribution < -0.4 is 10.1 Å². The average Bonchev–Trinajstić information content (AvgIpc) is 2.77. The van der Waals surface area contributed by atoms with Gasteiger partial charge in [-0.25, -0.2) is 0 Å². The second-order valence-corrected chi connectivity index (χ2v) is 6.02. The Labute approximate surface area is 176 Å². The van der Waals surface area contributed by atoms with Crippen molar-refractivity contribution in [2.45, 2.75) is 20.5 Å². The Hall–Kier alpha value is -3.79. The van der Waals surface area contributed by atoms with Gasteiger partial charge in [-0.3, -0.25) is 4.79 Å². The van der Waals surface area contributed by atoms with Crippen LogP contribution in [0.15, 0.2) is 58.8 Å². The maximum atomic E-state index is 12.1. The number of hydrogen-bond acceptors (Lipinski definition) is 6. The minimum Gasteiger partial charge on any atom is -0.494 e. The molecule has 2 rings (SSSR count). The number of nitrogens with one attached hydrogen (secondary N) is 1. The first-order valence-electron chi connectivity index (χ1n) is 9.42. The van der Waals surface area contributed by atoms with Gasteiger partial charge in [-0.15, -0.1) is 0 Å². The van der Waals surface area contributed by atoms with Gasteiger partial charge in [0.25, 0.3) is 5.91 Å². The highest BCUT2D eigenvalue weighted by atomic mass is 16.6. The average molecular weight is 407 g/mol. The molecule has 0 saturated carbocycles. The molecule has 0 aromatic heterocycles. The molecule has 0 unspecified atom stereocenters. The number of rotatable bonds is 8. The van der Waals surface area contributed by atoms with Gasteiger partial charge in [0.2, 0.25) is 0 Å². The second-order valence-electron chi connectivity index (χ2n) is 6.02. The summed E-state index contributed by atoms with van der Waals surface area (Å²) in [5.74, 6) is 6.43. The van der Waals surface area contributed by atoms with E-state index >= 15 is 0 Å². The van der Waals surface area contributed by atoms with Gasteiger partial charge in [0.1, 0.15) is 25.2 Å². The molecule has 1 N–H and O–H groups in total. The van der Waals surface area contributed by atoms with Crippen LogP contribution in [0.25, 0.3) is 0 Å². The Morgan fingerprint density at radius 1 is 1.10 bits per heavy atom. The van der Waals surface area contributed by atoms with Crippen LogP contribution in [0.1, 0.15) is 30.5 Å². The first kappa shape index (κ1) is 22.5. The quantitative estimate of drug-likeness (QED) is 0.414. The number of nitrogens with zero attached hydrogens (tertiary/aromatic N) is 2. The van der Waals surface area contributed by atoms with Gasteiger partial charge in [-0.2, -0.15) is 0 Å². The van der Waals surface area contributed by atoms with E-state index in [2.05, 4.69) is 27.5 Å². The monoisotopic (exact) mass is 407 g/mol. The molecule has 0 aliphatic rings. The first-order chi connectivity index (χ1) is 14.6. The number of carbonyl (C=O) groups is 1. The number of hydrogen-bond donors (Lipinski definition) is 1. The van der Waals surface area contributed by atoms with Crippen LogP contribution in [-0.4, -0.2) is 38.1 Å². The fourth-order valence-corrected chi connectivity index (χ4v) is 2.49. The van der Waals surface area contributed by atoms with Crippen molar-refractivity contribution in [2.75, 3.05) is 20.8 Å². The largest absolute Gasteiger partial charge is 0.494 e. The molecule has 0 bridgehead atoms. The van der Waals surface area contributed by atoms with Crippen molar-refractivity contribution in [1.82, 2.24) is 5.32 Å². The summed E-state index contributed by atoms with van der Waals surface area (Å²) in [6.07, 6.45) is 0. The summed E-state index contributed by atoms with van der Waals surface area (Å²) < 4.78 is 5.41. The minimum absolute atomic E-state index is 0.151. The van der Waals surface area contributed by atoms with Crippen LogP contribution in [-0.2, 0) is 21.1 Å². The number of amides is 1. The zero-order valence-corrected chi connectivity index (χ0v) is 17.6. The first-order valence-corrected chi connectivity index (χ1v) is 9.42. The summed E-state index contributed by atoms with van der Waals surface area (Å²) in [5, 5.41) is 10.4. The Morgan fingerprint density at radius 3 is 2.50 bits per heavy atom. The van der Waals surface area contributed by atoms with Gasteiger partial charge in [0.05, 0.1) is 6.61 Å². The van der Waals surface area contributed by atoms with Gasteiger partial charge < -0.3 is 19.7 Å². The van der Waals surface area contributed by atoms with Crippen LogP contribution in [0.3, 0.4) is 0 Å². The third kappa shape index (κ3) is 6.67. The van der Waals surface area contributed by atoms with Crippen molar-refractivity contribution in [3.8, 4) is 17.6 Å². The molecule has 0 radical (unpaired) electrons. The van der Waals surface area contributed by atoms with Gasteiger partial charge in [0.15, 0.2) is 5.71 Å². The molecule has 2 aromatic carbocycles. The molecule has 2 aromatic rings. The van der Waals surface area contributed by atoms with Crippen molar-refractivity contribution in [3.63, 3.8) is 0 Å². The van der Waals surface area contributed by atoms with E-state index < -0.39 is 0 Å². The molecule has 7 nitrogen and oxygen atoms in total. The van der Waals surface area contributed by atoms with Crippen LogP contribution in [0.2, 0.25) is 0 Å². The molecule has 0 spiro atoms. The van der Waals surface area contributed by atoms with Crippen LogP contribution in [0.5, 0.6) is 5.75 Å². The summed E-state index contributed by atoms with van der Waals surface area (Å²) >= 11 is 0. The van der Waals surface area contributed by atoms with E-state index in [1.165, 1.54) is 14.2 Å². The molecular weight excluding hydrogens is 382 g/mol. The molecule has 0 saturated heterocycles. The number of likely N-dealkylation sites (N-methyl/N-ethyl adjacent to an activating group) is 1. The summed E-state index contributed by atoms with van der Waals surface area (Å²) in [6.45, 7) is 4.47. The second kappa shape index (κ2) is 11.9. The van der Waals surface area contributed by atoms with E-state index in [1.54, 1.807) is 13.0 Å². The van der Waals surface area contributed by atoms with Crippen molar-refractivity contribution in [3.05, 3.63) is 65.2 Å². The van der Waals surface area contributed by atoms with Gasteiger partial charge in [-0.05, 0) is 44.0 Å². The van der Waals surface area contributed by atoms with E-state index in [-0.39, 0.29) is 18.2 Å². The summed E-state index contributed by atoms with van der Waals surface area (Å²) in [5.41, 5.74) is 2.89. The summed E-state index contributed by atoms with van der Waals surface area (Å²) in [4.78, 5) is 22.3. The number of benzene rings is 2. The smallest absolute Gasteiger partial charge is 0.273 e. The molecule has 0 aliphatic heterocycles. The molecule has 7 heteroatoms. The van der Waals surface area contributed by atoms with Crippen molar-refractivity contribution in [2.24, 2.45) is 10.3 Å².